The minimum Gasteiger partial charge on any atom is -0.256 e. The molecule has 0 saturated carbocycles. The first-order chi connectivity index (χ1) is 14.9. The Hall–Kier alpha value is -3.62. The average molecular weight is 425 g/mol. The van der Waals surface area contributed by atoms with E-state index in [4.69, 9.17) is 0 Å². The summed E-state index contributed by atoms with van der Waals surface area (Å²) >= 11 is 2.41. The maximum absolute atomic E-state index is 4.60. The van der Waals surface area contributed by atoms with Crippen LogP contribution in [0.3, 0.4) is 0 Å². The Balaban J connectivity index is 1.57. The Bertz CT molecular complexity index is 1380. The third kappa shape index (κ3) is 2.69. The fraction of sp³-hybridized carbons (Fsp3) is 0. The Labute approximate surface area is 179 Å². The number of pyridine rings is 2. The third-order valence-electron chi connectivity index (χ3n) is 5.00. The van der Waals surface area contributed by atoms with Gasteiger partial charge in [-0.1, -0.05) is 24.3 Å². The number of hydrogen-bond acceptors (Lipinski definition) is 8. The first kappa shape index (κ1) is 17.3. The highest BCUT2D eigenvalue weighted by atomic mass is 32.1. The van der Waals surface area contributed by atoms with Crippen molar-refractivity contribution in [3.8, 4) is 33.6 Å². The SMILES string of the molecule is c1ccc(-c2ccc(-c3ccc(-c4ccccn4)c4nsnc34)c3nsnc23)nc1. The minimum absolute atomic E-state index is 0.848. The van der Waals surface area contributed by atoms with Gasteiger partial charge in [-0.25, -0.2) is 0 Å². The van der Waals surface area contributed by atoms with Gasteiger partial charge in [0.15, 0.2) is 0 Å². The molecule has 6 nitrogen and oxygen atoms in total. The normalized spacial score (nSPS) is 11.3. The van der Waals surface area contributed by atoms with E-state index in [2.05, 4.69) is 51.7 Å². The van der Waals surface area contributed by atoms with Crippen LogP contribution in [0.15, 0.2) is 73.1 Å². The molecule has 0 saturated heterocycles. The summed E-state index contributed by atoms with van der Waals surface area (Å²) in [4.78, 5) is 8.95. The summed E-state index contributed by atoms with van der Waals surface area (Å²) in [6, 6.07) is 20.0. The van der Waals surface area contributed by atoms with Crippen molar-refractivity contribution in [3.05, 3.63) is 73.1 Å². The molecule has 6 rings (SSSR count). The standard InChI is InChI=1S/C22H12N6S2/c1-3-11-23-17(5-1)15-9-7-13(19-21(15)27-29-25-19)14-8-10-16(18-6-2-4-12-24-18)22-20(14)26-30-28-22/h1-12H. The number of nitrogens with zero attached hydrogens (tertiary/aromatic N) is 6. The van der Waals surface area contributed by atoms with E-state index in [1.54, 1.807) is 12.4 Å². The Morgan fingerprint density at radius 2 is 0.833 bits per heavy atom. The molecule has 142 valence electrons. The van der Waals surface area contributed by atoms with Gasteiger partial charge in [0, 0.05) is 34.6 Å². The van der Waals surface area contributed by atoms with Gasteiger partial charge in [-0.05, 0) is 36.4 Å². The van der Waals surface area contributed by atoms with Crippen molar-refractivity contribution < 1.29 is 0 Å². The van der Waals surface area contributed by atoms with E-state index in [1.807, 2.05) is 36.4 Å². The second-order valence-electron chi connectivity index (χ2n) is 6.67. The molecule has 0 aliphatic rings. The van der Waals surface area contributed by atoms with Crippen LogP contribution in [0.25, 0.3) is 55.7 Å². The molecular weight excluding hydrogens is 412 g/mol. The Morgan fingerprint density at radius 1 is 0.433 bits per heavy atom. The number of hydrogen-bond donors (Lipinski definition) is 0. The summed E-state index contributed by atoms with van der Waals surface area (Å²) < 4.78 is 18.3. The third-order valence-corrected chi connectivity index (χ3v) is 6.06. The number of benzene rings is 2. The van der Waals surface area contributed by atoms with E-state index in [-0.39, 0.29) is 0 Å². The molecule has 0 fully saturated rings. The van der Waals surface area contributed by atoms with Crippen LogP contribution in [0.1, 0.15) is 0 Å². The van der Waals surface area contributed by atoms with E-state index < -0.39 is 0 Å². The maximum Gasteiger partial charge on any atom is 0.114 e. The summed E-state index contributed by atoms with van der Waals surface area (Å²) in [5, 5.41) is 0. The number of fused-ring (bicyclic) bond motifs is 2. The Morgan fingerprint density at radius 3 is 1.23 bits per heavy atom. The average Bonchev–Trinajstić information content (AvgIpc) is 3.49. The second kappa shape index (κ2) is 7.01. The van der Waals surface area contributed by atoms with E-state index >= 15 is 0 Å². The van der Waals surface area contributed by atoms with Gasteiger partial charge in [0.2, 0.25) is 0 Å². The molecule has 4 aromatic heterocycles. The van der Waals surface area contributed by atoms with Gasteiger partial charge in [-0.3, -0.25) is 9.97 Å². The summed E-state index contributed by atoms with van der Waals surface area (Å²) in [6.07, 6.45) is 3.57. The Kier molecular flexibility index (Phi) is 4.03. The molecule has 4 heterocycles. The quantitative estimate of drug-likeness (QED) is 0.374. The lowest BCUT2D eigenvalue weighted by Crippen LogP contribution is -1.90. The predicted octanol–water partition coefficient (Wildman–Crippen LogP) is 5.49. The van der Waals surface area contributed by atoms with Gasteiger partial charge in [0.1, 0.15) is 22.1 Å². The summed E-state index contributed by atoms with van der Waals surface area (Å²) in [6.45, 7) is 0. The first-order valence-corrected chi connectivity index (χ1v) is 10.7. The van der Waals surface area contributed by atoms with Gasteiger partial charge < -0.3 is 0 Å². The lowest BCUT2D eigenvalue weighted by atomic mass is 9.97. The van der Waals surface area contributed by atoms with Crippen molar-refractivity contribution in [2.45, 2.75) is 0 Å². The maximum atomic E-state index is 4.60. The van der Waals surface area contributed by atoms with Gasteiger partial charge in [0.25, 0.3) is 0 Å². The molecule has 0 unspecified atom stereocenters. The molecule has 0 bridgehead atoms. The molecule has 0 amide bonds. The van der Waals surface area contributed by atoms with Crippen molar-refractivity contribution in [3.63, 3.8) is 0 Å². The predicted molar refractivity (Wildman–Crippen MR) is 120 cm³/mol. The van der Waals surface area contributed by atoms with Crippen LogP contribution < -0.4 is 0 Å². The molecule has 8 heteroatoms. The first-order valence-electron chi connectivity index (χ1n) is 9.24. The molecular formula is C22H12N6S2. The van der Waals surface area contributed by atoms with Crippen LogP contribution in [-0.2, 0) is 0 Å². The van der Waals surface area contributed by atoms with Crippen LogP contribution >= 0.6 is 23.5 Å². The number of aromatic nitrogens is 6. The van der Waals surface area contributed by atoms with Gasteiger partial charge in [-0.2, -0.15) is 17.5 Å². The van der Waals surface area contributed by atoms with Crippen molar-refractivity contribution in [1.29, 1.82) is 0 Å². The summed E-state index contributed by atoms with van der Waals surface area (Å²) in [7, 11) is 0. The van der Waals surface area contributed by atoms with E-state index in [0.717, 1.165) is 55.7 Å². The largest absolute Gasteiger partial charge is 0.256 e. The highest BCUT2D eigenvalue weighted by Crippen LogP contribution is 2.38. The van der Waals surface area contributed by atoms with Crippen LogP contribution in [-0.4, -0.2) is 27.5 Å². The van der Waals surface area contributed by atoms with Crippen LogP contribution in [0, 0.1) is 0 Å². The lowest BCUT2D eigenvalue weighted by molar-refractivity contribution is 1.33. The van der Waals surface area contributed by atoms with Gasteiger partial charge in [0.05, 0.1) is 34.8 Å². The summed E-state index contributed by atoms with van der Waals surface area (Å²) in [5.74, 6) is 0. The lowest BCUT2D eigenvalue weighted by Gasteiger charge is -2.09. The topological polar surface area (TPSA) is 77.3 Å². The molecule has 0 spiro atoms. The van der Waals surface area contributed by atoms with Crippen molar-refractivity contribution >= 4 is 45.5 Å². The molecule has 0 aliphatic heterocycles. The van der Waals surface area contributed by atoms with Crippen molar-refractivity contribution in [2.24, 2.45) is 0 Å². The molecule has 0 N–H and O–H groups in total. The highest BCUT2D eigenvalue weighted by molar-refractivity contribution is 7.00. The number of rotatable bonds is 3. The van der Waals surface area contributed by atoms with E-state index in [0.29, 0.717) is 0 Å². The monoisotopic (exact) mass is 424 g/mol. The molecule has 0 aliphatic carbocycles. The zero-order valence-electron chi connectivity index (χ0n) is 15.4. The van der Waals surface area contributed by atoms with E-state index in [9.17, 15) is 0 Å². The highest BCUT2D eigenvalue weighted by Gasteiger charge is 2.19. The molecule has 0 radical (unpaired) electrons. The zero-order chi connectivity index (χ0) is 19.9. The van der Waals surface area contributed by atoms with Crippen molar-refractivity contribution in [2.75, 3.05) is 0 Å². The smallest absolute Gasteiger partial charge is 0.114 e. The minimum atomic E-state index is 0.848. The van der Waals surface area contributed by atoms with Crippen molar-refractivity contribution in [1.82, 2.24) is 27.5 Å². The van der Waals surface area contributed by atoms with Crippen LogP contribution in [0.5, 0.6) is 0 Å². The molecule has 0 atom stereocenters. The van der Waals surface area contributed by atoms with Gasteiger partial charge in [-0.15, -0.1) is 0 Å². The molecule has 2 aromatic carbocycles. The van der Waals surface area contributed by atoms with Gasteiger partial charge >= 0.3 is 0 Å². The fourth-order valence-corrected chi connectivity index (χ4v) is 4.77. The van der Waals surface area contributed by atoms with Crippen LogP contribution in [0.4, 0.5) is 0 Å². The molecule has 6 aromatic rings. The van der Waals surface area contributed by atoms with Crippen LogP contribution in [0.2, 0.25) is 0 Å². The second-order valence-corrected chi connectivity index (χ2v) is 7.73. The fourth-order valence-electron chi connectivity index (χ4n) is 3.63. The zero-order valence-corrected chi connectivity index (χ0v) is 17.1. The molecule has 30 heavy (non-hydrogen) atoms. The van der Waals surface area contributed by atoms with E-state index in [1.165, 1.54) is 23.5 Å². The summed E-state index contributed by atoms with van der Waals surface area (Å²) in [5.41, 5.74) is 9.09.